The van der Waals surface area contributed by atoms with Crippen LogP contribution in [0.15, 0.2) is 6.07 Å². The molecular formula is C9H8ClFO2. The van der Waals surface area contributed by atoms with Gasteiger partial charge in [0.2, 0.25) is 0 Å². The third-order valence-corrected chi connectivity index (χ3v) is 1.99. The summed E-state index contributed by atoms with van der Waals surface area (Å²) < 4.78 is 18.1. The van der Waals surface area contributed by atoms with Gasteiger partial charge in [-0.05, 0) is 18.6 Å². The molecule has 4 heteroatoms. The van der Waals surface area contributed by atoms with E-state index in [0.29, 0.717) is 11.8 Å². The molecule has 0 atom stereocenters. The quantitative estimate of drug-likeness (QED) is 0.689. The summed E-state index contributed by atoms with van der Waals surface area (Å²) in [6.45, 7) is 1.69. The smallest absolute Gasteiger partial charge is 0.156 e. The van der Waals surface area contributed by atoms with Crippen LogP contribution in [0.2, 0.25) is 5.02 Å². The number of rotatable bonds is 2. The van der Waals surface area contributed by atoms with E-state index in [9.17, 15) is 9.18 Å². The number of carbonyl (C=O) groups is 1. The fourth-order valence-electron chi connectivity index (χ4n) is 1.14. The molecule has 1 rings (SSSR count). The average molecular weight is 203 g/mol. The molecule has 0 amide bonds. The van der Waals surface area contributed by atoms with Gasteiger partial charge in [-0.15, -0.1) is 0 Å². The summed E-state index contributed by atoms with van der Waals surface area (Å²) in [6, 6.07) is 1.42. The first-order chi connectivity index (χ1) is 6.11. The van der Waals surface area contributed by atoms with E-state index in [1.165, 1.54) is 13.2 Å². The van der Waals surface area contributed by atoms with Crippen molar-refractivity contribution in [2.24, 2.45) is 0 Å². The number of carbonyl (C=O) groups excluding carboxylic acids is 1. The Balaban J connectivity index is 3.50. The van der Waals surface area contributed by atoms with Crippen molar-refractivity contribution < 1.29 is 13.9 Å². The second kappa shape index (κ2) is 3.75. The van der Waals surface area contributed by atoms with E-state index in [1.807, 2.05) is 0 Å². The maximum atomic E-state index is 13.2. The number of aldehydes is 1. The van der Waals surface area contributed by atoms with Gasteiger partial charge >= 0.3 is 0 Å². The van der Waals surface area contributed by atoms with E-state index in [0.717, 1.165) is 0 Å². The highest BCUT2D eigenvalue weighted by molar-refractivity contribution is 6.31. The number of halogens is 2. The Morgan fingerprint density at radius 2 is 2.23 bits per heavy atom. The molecule has 0 aromatic heterocycles. The molecule has 0 unspecified atom stereocenters. The molecule has 0 heterocycles. The minimum Gasteiger partial charge on any atom is -0.496 e. The lowest BCUT2D eigenvalue weighted by molar-refractivity contribution is 0.111. The number of hydrogen-bond donors (Lipinski definition) is 0. The molecule has 0 aliphatic rings. The van der Waals surface area contributed by atoms with Gasteiger partial charge in [-0.1, -0.05) is 11.6 Å². The third-order valence-electron chi connectivity index (χ3n) is 1.71. The van der Waals surface area contributed by atoms with E-state index in [-0.39, 0.29) is 16.3 Å². The van der Waals surface area contributed by atoms with Gasteiger partial charge in [-0.3, -0.25) is 4.79 Å². The summed E-state index contributed by atoms with van der Waals surface area (Å²) in [6.07, 6.45) is 0.396. The Kier molecular flexibility index (Phi) is 2.88. The molecule has 0 saturated carbocycles. The van der Waals surface area contributed by atoms with Crippen molar-refractivity contribution in [3.63, 3.8) is 0 Å². The monoisotopic (exact) mass is 202 g/mol. The van der Waals surface area contributed by atoms with Gasteiger partial charge in [-0.25, -0.2) is 4.39 Å². The fourth-order valence-corrected chi connectivity index (χ4v) is 1.40. The molecule has 2 nitrogen and oxygen atoms in total. The topological polar surface area (TPSA) is 26.3 Å². The van der Waals surface area contributed by atoms with Crippen molar-refractivity contribution in [3.05, 3.63) is 28.0 Å². The minimum atomic E-state index is -0.737. The van der Waals surface area contributed by atoms with E-state index in [2.05, 4.69) is 0 Å². The molecule has 0 spiro atoms. The van der Waals surface area contributed by atoms with Crippen LogP contribution < -0.4 is 4.74 Å². The molecule has 0 fully saturated rings. The van der Waals surface area contributed by atoms with Crippen molar-refractivity contribution in [1.82, 2.24) is 0 Å². The second-order valence-corrected chi connectivity index (χ2v) is 2.96. The molecule has 0 N–H and O–H groups in total. The maximum Gasteiger partial charge on any atom is 0.156 e. The molecule has 0 aliphatic heterocycles. The van der Waals surface area contributed by atoms with Crippen LogP contribution in [0, 0.1) is 12.7 Å². The molecule has 0 saturated heterocycles. The highest BCUT2D eigenvalue weighted by Gasteiger charge is 2.14. The Morgan fingerprint density at radius 3 is 2.69 bits per heavy atom. The highest BCUT2D eigenvalue weighted by atomic mass is 35.5. The van der Waals surface area contributed by atoms with Gasteiger partial charge in [0.15, 0.2) is 12.1 Å². The molecule has 0 radical (unpaired) electrons. The molecule has 0 bridgehead atoms. The normalized spacial score (nSPS) is 9.85. The number of hydrogen-bond acceptors (Lipinski definition) is 2. The van der Waals surface area contributed by atoms with Gasteiger partial charge in [0.05, 0.1) is 17.7 Å². The van der Waals surface area contributed by atoms with Crippen LogP contribution in [0.4, 0.5) is 4.39 Å². The zero-order valence-corrected chi connectivity index (χ0v) is 7.98. The van der Waals surface area contributed by atoms with Crippen molar-refractivity contribution >= 4 is 17.9 Å². The molecule has 1 aromatic carbocycles. The lowest BCUT2D eigenvalue weighted by atomic mass is 10.1. The van der Waals surface area contributed by atoms with Gasteiger partial charge in [0, 0.05) is 0 Å². The van der Waals surface area contributed by atoms with Crippen LogP contribution >= 0.6 is 11.6 Å². The van der Waals surface area contributed by atoms with Crippen molar-refractivity contribution in [3.8, 4) is 5.75 Å². The Morgan fingerprint density at radius 1 is 1.62 bits per heavy atom. The number of methoxy groups -OCH3 is 1. The summed E-state index contributed by atoms with van der Waals surface area (Å²) in [4.78, 5) is 10.5. The SMILES string of the molecule is COc1c(C)cc(Cl)c(F)c1C=O. The predicted octanol–water partition coefficient (Wildman–Crippen LogP) is 2.61. The first kappa shape index (κ1) is 9.99. The summed E-state index contributed by atoms with van der Waals surface area (Å²) in [7, 11) is 1.38. The molecule has 13 heavy (non-hydrogen) atoms. The average Bonchev–Trinajstić information content (AvgIpc) is 2.10. The van der Waals surface area contributed by atoms with Crippen molar-refractivity contribution in [1.29, 1.82) is 0 Å². The number of aryl methyl sites for hydroxylation is 1. The lowest BCUT2D eigenvalue weighted by Gasteiger charge is -2.08. The highest BCUT2D eigenvalue weighted by Crippen LogP contribution is 2.29. The summed E-state index contributed by atoms with van der Waals surface area (Å²) >= 11 is 5.54. The Hall–Kier alpha value is -1.09. The van der Waals surface area contributed by atoms with Crippen LogP contribution in [-0.4, -0.2) is 13.4 Å². The molecule has 1 aromatic rings. The predicted molar refractivity (Wildman–Crippen MR) is 48.1 cm³/mol. The number of benzene rings is 1. The zero-order chi connectivity index (χ0) is 10.0. The first-order valence-electron chi connectivity index (χ1n) is 3.59. The minimum absolute atomic E-state index is 0.0691. The Bertz CT molecular complexity index is 350. The van der Waals surface area contributed by atoms with Crippen LogP contribution in [0.5, 0.6) is 5.75 Å². The van der Waals surface area contributed by atoms with Gasteiger partial charge in [0.25, 0.3) is 0 Å². The van der Waals surface area contributed by atoms with E-state index in [1.54, 1.807) is 6.92 Å². The summed E-state index contributed by atoms with van der Waals surface area (Å²) in [5.41, 5.74) is 0.503. The first-order valence-corrected chi connectivity index (χ1v) is 3.97. The van der Waals surface area contributed by atoms with Crippen molar-refractivity contribution in [2.45, 2.75) is 6.92 Å². The van der Waals surface area contributed by atoms with E-state index in [4.69, 9.17) is 16.3 Å². The van der Waals surface area contributed by atoms with E-state index < -0.39 is 5.82 Å². The Labute approximate surface area is 80.3 Å². The van der Waals surface area contributed by atoms with Gasteiger partial charge in [0.1, 0.15) is 5.75 Å². The molecule has 70 valence electrons. The van der Waals surface area contributed by atoms with Crippen LogP contribution in [0.1, 0.15) is 15.9 Å². The number of ether oxygens (including phenoxy) is 1. The largest absolute Gasteiger partial charge is 0.496 e. The van der Waals surface area contributed by atoms with Crippen molar-refractivity contribution in [2.75, 3.05) is 7.11 Å². The van der Waals surface area contributed by atoms with E-state index >= 15 is 0 Å². The summed E-state index contributed by atoms with van der Waals surface area (Å²) in [5, 5.41) is -0.0691. The lowest BCUT2D eigenvalue weighted by Crippen LogP contribution is -1.98. The zero-order valence-electron chi connectivity index (χ0n) is 7.23. The van der Waals surface area contributed by atoms with Crippen LogP contribution in [-0.2, 0) is 0 Å². The standard InChI is InChI=1S/C9H8ClFO2/c1-5-3-7(10)8(11)6(4-12)9(5)13-2/h3-4H,1-2H3. The third kappa shape index (κ3) is 1.65. The maximum absolute atomic E-state index is 13.2. The van der Waals surface area contributed by atoms with Crippen LogP contribution in [0.3, 0.4) is 0 Å². The molecule has 0 aliphatic carbocycles. The fraction of sp³-hybridized carbons (Fsp3) is 0.222. The summed E-state index contributed by atoms with van der Waals surface area (Å²) in [5.74, 6) is -0.504. The second-order valence-electron chi connectivity index (χ2n) is 2.55. The van der Waals surface area contributed by atoms with Crippen LogP contribution in [0.25, 0.3) is 0 Å². The molecular weight excluding hydrogens is 195 g/mol. The van der Waals surface area contributed by atoms with Gasteiger partial charge in [-0.2, -0.15) is 0 Å². The van der Waals surface area contributed by atoms with Gasteiger partial charge < -0.3 is 4.74 Å².